The van der Waals surface area contributed by atoms with Gasteiger partial charge in [-0.2, -0.15) is 0 Å². The first-order valence-corrected chi connectivity index (χ1v) is 9.65. The maximum atomic E-state index is 12.5. The van der Waals surface area contributed by atoms with E-state index in [0.29, 0.717) is 36.0 Å². The van der Waals surface area contributed by atoms with Gasteiger partial charge in [0.15, 0.2) is 11.5 Å². The van der Waals surface area contributed by atoms with Crippen LogP contribution >= 0.6 is 0 Å². The number of nitrogens with one attached hydrogen (secondary N) is 1. The van der Waals surface area contributed by atoms with Gasteiger partial charge in [-0.1, -0.05) is 19.8 Å². The third kappa shape index (κ3) is 3.68. The molecular weight excluding hydrogens is 314 g/mol. The monoisotopic (exact) mass is 337 g/mol. The van der Waals surface area contributed by atoms with Crippen molar-refractivity contribution in [1.29, 1.82) is 0 Å². The van der Waals surface area contributed by atoms with E-state index in [1.807, 2.05) is 6.92 Å². The molecule has 1 saturated carbocycles. The summed E-state index contributed by atoms with van der Waals surface area (Å²) in [6, 6.07) is 5.23. The van der Waals surface area contributed by atoms with Gasteiger partial charge in [0.2, 0.25) is 0 Å². The van der Waals surface area contributed by atoms with Crippen LogP contribution in [0.5, 0.6) is 11.5 Å². The average Bonchev–Trinajstić information content (AvgIpc) is 2.61. The van der Waals surface area contributed by atoms with Crippen LogP contribution in [0.2, 0.25) is 0 Å². The van der Waals surface area contributed by atoms with Gasteiger partial charge in [0, 0.05) is 28.2 Å². The number of carbonyl (C=O) groups is 1. The van der Waals surface area contributed by atoms with Crippen LogP contribution in [0.1, 0.15) is 43.0 Å². The van der Waals surface area contributed by atoms with E-state index in [1.165, 1.54) is 0 Å². The van der Waals surface area contributed by atoms with E-state index in [2.05, 4.69) is 5.32 Å². The first-order chi connectivity index (χ1) is 11.2. The SMILES string of the molecule is CC[S@@](=O)[C@@H]1CCCC[C@@H]1NC(=O)c1ccc2c(c1)OCCO2. The Morgan fingerprint density at radius 2 is 1.96 bits per heavy atom. The summed E-state index contributed by atoms with van der Waals surface area (Å²) in [4.78, 5) is 12.5. The number of fused-ring (bicyclic) bond motifs is 1. The number of benzene rings is 1. The summed E-state index contributed by atoms with van der Waals surface area (Å²) in [5, 5.41) is 3.14. The second-order valence-corrected chi connectivity index (χ2v) is 7.88. The Bertz CT molecular complexity index is 604. The minimum atomic E-state index is -0.878. The van der Waals surface area contributed by atoms with Gasteiger partial charge in [-0.05, 0) is 31.0 Å². The summed E-state index contributed by atoms with van der Waals surface area (Å²) in [7, 11) is -0.878. The highest BCUT2D eigenvalue weighted by atomic mass is 32.2. The second kappa shape index (κ2) is 7.34. The lowest BCUT2D eigenvalue weighted by molar-refractivity contribution is 0.0928. The number of hydrogen-bond acceptors (Lipinski definition) is 4. The number of rotatable bonds is 4. The fraction of sp³-hybridized carbons (Fsp3) is 0.588. The Kier molecular flexibility index (Phi) is 5.20. The zero-order chi connectivity index (χ0) is 16.2. The number of hydrogen-bond donors (Lipinski definition) is 1. The molecule has 0 aromatic heterocycles. The van der Waals surface area contributed by atoms with Gasteiger partial charge in [0.1, 0.15) is 13.2 Å². The Hall–Kier alpha value is -1.56. The van der Waals surface area contributed by atoms with Crippen molar-refractivity contribution in [3.63, 3.8) is 0 Å². The van der Waals surface area contributed by atoms with Crippen LogP contribution in [0.15, 0.2) is 18.2 Å². The molecule has 0 spiro atoms. The van der Waals surface area contributed by atoms with Crippen LogP contribution in [0.3, 0.4) is 0 Å². The smallest absolute Gasteiger partial charge is 0.251 e. The van der Waals surface area contributed by atoms with Crippen molar-refractivity contribution in [2.24, 2.45) is 0 Å². The molecule has 23 heavy (non-hydrogen) atoms. The maximum absolute atomic E-state index is 12.5. The highest BCUT2D eigenvalue weighted by molar-refractivity contribution is 7.85. The number of amides is 1. The summed E-state index contributed by atoms with van der Waals surface area (Å²) in [6.07, 6.45) is 3.98. The lowest BCUT2D eigenvalue weighted by atomic mass is 9.94. The van der Waals surface area contributed by atoms with E-state index in [0.717, 1.165) is 25.7 Å². The van der Waals surface area contributed by atoms with Crippen molar-refractivity contribution in [3.8, 4) is 11.5 Å². The molecule has 1 aliphatic carbocycles. The molecule has 1 N–H and O–H groups in total. The van der Waals surface area contributed by atoms with Gasteiger partial charge in [0.25, 0.3) is 5.91 Å². The van der Waals surface area contributed by atoms with Crippen LogP contribution in [-0.2, 0) is 10.8 Å². The second-order valence-electron chi connectivity index (χ2n) is 5.93. The summed E-state index contributed by atoms with van der Waals surface area (Å²) < 4.78 is 23.2. The quantitative estimate of drug-likeness (QED) is 0.915. The van der Waals surface area contributed by atoms with E-state index >= 15 is 0 Å². The van der Waals surface area contributed by atoms with Crippen molar-refractivity contribution in [2.75, 3.05) is 19.0 Å². The molecule has 0 bridgehead atoms. The largest absolute Gasteiger partial charge is 0.486 e. The molecule has 1 aromatic rings. The summed E-state index contributed by atoms with van der Waals surface area (Å²) >= 11 is 0. The number of carbonyl (C=O) groups excluding carboxylic acids is 1. The zero-order valence-corrected chi connectivity index (χ0v) is 14.2. The minimum Gasteiger partial charge on any atom is -0.486 e. The molecule has 1 fully saturated rings. The fourth-order valence-corrected chi connectivity index (χ4v) is 4.66. The Morgan fingerprint density at radius 3 is 2.74 bits per heavy atom. The first-order valence-electron chi connectivity index (χ1n) is 8.26. The van der Waals surface area contributed by atoms with Gasteiger partial charge >= 0.3 is 0 Å². The van der Waals surface area contributed by atoms with Gasteiger partial charge in [0.05, 0.1) is 5.25 Å². The van der Waals surface area contributed by atoms with E-state index in [4.69, 9.17) is 9.47 Å². The van der Waals surface area contributed by atoms with Crippen molar-refractivity contribution < 1.29 is 18.5 Å². The molecule has 1 amide bonds. The molecule has 3 atom stereocenters. The van der Waals surface area contributed by atoms with E-state index in [9.17, 15) is 9.00 Å². The molecule has 5 nitrogen and oxygen atoms in total. The highest BCUT2D eigenvalue weighted by Crippen LogP contribution is 2.31. The average molecular weight is 337 g/mol. The third-order valence-electron chi connectivity index (χ3n) is 4.45. The Balaban J connectivity index is 1.71. The van der Waals surface area contributed by atoms with E-state index in [1.54, 1.807) is 18.2 Å². The molecule has 3 rings (SSSR count). The van der Waals surface area contributed by atoms with Crippen LogP contribution in [0, 0.1) is 0 Å². The van der Waals surface area contributed by atoms with Crippen molar-refractivity contribution in [1.82, 2.24) is 5.32 Å². The Morgan fingerprint density at radius 1 is 1.22 bits per heavy atom. The van der Waals surface area contributed by atoms with Gasteiger partial charge in [-0.3, -0.25) is 9.00 Å². The molecule has 0 saturated heterocycles. The minimum absolute atomic E-state index is 0.00904. The third-order valence-corrected chi connectivity index (χ3v) is 6.25. The van der Waals surface area contributed by atoms with Crippen LogP contribution in [0.25, 0.3) is 0 Å². The van der Waals surface area contributed by atoms with Gasteiger partial charge in [-0.15, -0.1) is 0 Å². The normalized spacial score (nSPS) is 24.7. The predicted molar refractivity (Wildman–Crippen MR) is 89.6 cm³/mol. The lowest BCUT2D eigenvalue weighted by Gasteiger charge is -2.31. The zero-order valence-electron chi connectivity index (χ0n) is 13.4. The molecule has 1 aromatic carbocycles. The fourth-order valence-electron chi connectivity index (χ4n) is 3.23. The maximum Gasteiger partial charge on any atom is 0.251 e. The molecule has 1 aliphatic heterocycles. The van der Waals surface area contributed by atoms with Gasteiger partial charge < -0.3 is 14.8 Å². The van der Waals surface area contributed by atoms with Gasteiger partial charge in [-0.25, -0.2) is 0 Å². The molecule has 0 unspecified atom stereocenters. The summed E-state index contributed by atoms with van der Waals surface area (Å²) in [5.41, 5.74) is 0.556. The molecule has 2 aliphatic rings. The molecule has 6 heteroatoms. The van der Waals surface area contributed by atoms with Crippen molar-refractivity contribution in [3.05, 3.63) is 23.8 Å². The molecule has 1 heterocycles. The van der Waals surface area contributed by atoms with E-state index in [-0.39, 0.29) is 17.2 Å². The van der Waals surface area contributed by atoms with Crippen molar-refractivity contribution in [2.45, 2.75) is 43.9 Å². The topological polar surface area (TPSA) is 64.6 Å². The standard InChI is InChI=1S/C17H23NO4S/c1-2-23(20)16-6-4-3-5-13(16)18-17(19)12-7-8-14-15(11-12)22-10-9-21-14/h7-8,11,13,16H,2-6,9-10H2,1H3,(H,18,19)/t13-,16+,23+/m0/s1. The summed E-state index contributed by atoms with van der Waals surface area (Å²) in [6.45, 7) is 2.97. The molecule has 0 radical (unpaired) electrons. The lowest BCUT2D eigenvalue weighted by Crippen LogP contribution is -2.47. The van der Waals surface area contributed by atoms with Crippen molar-refractivity contribution >= 4 is 16.7 Å². The highest BCUT2D eigenvalue weighted by Gasteiger charge is 2.30. The number of ether oxygens (including phenoxy) is 2. The van der Waals surface area contributed by atoms with E-state index < -0.39 is 10.8 Å². The predicted octanol–water partition coefficient (Wildman–Crippen LogP) is 2.27. The van der Waals surface area contributed by atoms with Crippen LogP contribution in [0.4, 0.5) is 0 Å². The molecule has 126 valence electrons. The van der Waals surface area contributed by atoms with Crippen LogP contribution in [-0.4, -0.2) is 40.4 Å². The summed E-state index contributed by atoms with van der Waals surface area (Å²) in [5.74, 6) is 1.80. The first kappa shape index (κ1) is 16.3. The molecular formula is C17H23NO4S. The Labute approximate surface area is 139 Å². The van der Waals surface area contributed by atoms with Crippen LogP contribution < -0.4 is 14.8 Å².